The highest BCUT2D eigenvalue weighted by Crippen LogP contribution is 2.35. The lowest BCUT2D eigenvalue weighted by molar-refractivity contribution is 0.0110. The lowest BCUT2D eigenvalue weighted by Gasteiger charge is -2.22. The second-order valence-corrected chi connectivity index (χ2v) is 8.14. The van der Waals surface area contributed by atoms with Crippen LogP contribution in [0.4, 0.5) is 11.5 Å². The van der Waals surface area contributed by atoms with Crippen LogP contribution in [0.3, 0.4) is 0 Å². The Morgan fingerprint density at radius 2 is 1.73 bits per heavy atom. The molecule has 2 unspecified atom stereocenters. The number of benzene rings is 2. The van der Waals surface area contributed by atoms with Crippen molar-refractivity contribution in [3.05, 3.63) is 59.9 Å². The van der Waals surface area contributed by atoms with E-state index in [4.69, 9.17) is 9.47 Å². The van der Waals surface area contributed by atoms with Gasteiger partial charge in [-0.2, -0.15) is 0 Å². The Kier molecular flexibility index (Phi) is 5.62. The van der Waals surface area contributed by atoms with Crippen LogP contribution in [0.25, 0.3) is 10.9 Å². The molecule has 2 aliphatic rings. The first-order valence-corrected chi connectivity index (χ1v) is 10.8. The highest BCUT2D eigenvalue weighted by Gasteiger charge is 2.26. The van der Waals surface area contributed by atoms with Gasteiger partial charge in [0.1, 0.15) is 12.1 Å². The van der Waals surface area contributed by atoms with E-state index in [1.54, 1.807) is 6.33 Å². The molecule has 0 bridgehead atoms. The summed E-state index contributed by atoms with van der Waals surface area (Å²) in [7, 11) is 0. The molecule has 0 saturated carbocycles. The monoisotopic (exact) mass is 405 g/mol. The number of hydrogen-bond acceptors (Lipinski definition) is 6. The fourth-order valence-corrected chi connectivity index (χ4v) is 4.47. The quantitative estimate of drug-likeness (QED) is 0.652. The summed E-state index contributed by atoms with van der Waals surface area (Å²) in [5, 5.41) is 13.8. The SMILES string of the molecule is OCC1CCC(c2ccc3ncnc(Nc4ccc(C5CCOCC5)cc4)c3c2)O1. The molecule has 0 radical (unpaired) electrons. The van der Waals surface area contributed by atoms with E-state index in [0.717, 1.165) is 66.9 Å². The molecule has 0 spiro atoms. The minimum Gasteiger partial charge on any atom is -0.394 e. The van der Waals surface area contributed by atoms with Gasteiger partial charge < -0.3 is 19.9 Å². The summed E-state index contributed by atoms with van der Waals surface area (Å²) in [5.74, 6) is 1.38. The van der Waals surface area contributed by atoms with Gasteiger partial charge in [-0.15, -0.1) is 0 Å². The first kappa shape index (κ1) is 19.4. The number of anilines is 2. The molecule has 30 heavy (non-hydrogen) atoms. The molecule has 6 heteroatoms. The highest BCUT2D eigenvalue weighted by atomic mass is 16.5. The fourth-order valence-electron chi connectivity index (χ4n) is 4.47. The van der Waals surface area contributed by atoms with E-state index in [1.165, 1.54) is 5.56 Å². The standard InChI is InChI=1S/C24H27N3O3/c28-14-20-6-8-23(30-20)18-3-7-22-21(13-18)24(26-15-25-22)27-19-4-1-16(2-5-19)17-9-11-29-12-10-17/h1-5,7,13,15,17,20,23,28H,6,8-12,14H2,(H,25,26,27). The lowest BCUT2D eigenvalue weighted by atomic mass is 9.92. The Bertz CT molecular complexity index is 1000. The number of hydrogen-bond donors (Lipinski definition) is 2. The Labute approximate surface area is 176 Å². The predicted molar refractivity (Wildman–Crippen MR) is 116 cm³/mol. The van der Waals surface area contributed by atoms with Gasteiger partial charge in [-0.05, 0) is 67.0 Å². The maximum absolute atomic E-state index is 9.35. The molecule has 2 atom stereocenters. The fraction of sp³-hybridized carbons (Fsp3) is 0.417. The number of nitrogens with one attached hydrogen (secondary N) is 1. The van der Waals surface area contributed by atoms with Crippen molar-refractivity contribution >= 4 is 22.4 Å². The second-order valence-electron chi connectivity index (χ2n) is 8.14. The lowest BCUT2D eigenvalue weighted by Crippen LogP contribution is -2.13. The minimum absolute atomic E-state index is 0.0124. The maximum atomic E-state index is 9.35. The zero-order chi connectivity index (χ0) is 20.3. The predicted octanol–water partition coefficient (Wildman–Crippen LogP) is 4.48. The molecular weight excluding hydrogens is 378 g/mol. The van der Waals surface area contributed by atoms with Gasteiger partial charge in [0.2, 0.25) is 0 Å². The summed E-state index contributed by atoms with van der Waals surface area (Å²) in [5.41, 5.74) is 4.38. The summed E-state index contributed by atoms with van der Waals surface area (Å²) < 4.78 is 11.4. The van der Waals surface area contributed by atoms with Crippen molar-refractivity contribution in [2.45, 2.75) is 43.8 Å². The average molecular weight is 405 g/mol. The number of aliphatic hydroxyl groups is 1. The largest absolute Gasteiger partial charge is 0.394 e. The average Bonchev–Trinajstić information content (AvgIpc) is 3.30. The van der Waals surface area contributed by atoms with E-state index < -0.39 is 0 Å². The molecule has 3 heterocycles. The molecule has 2 saturated heterocycles. The van der Waals surface area contributed by atoms with E-state index in [0.29, 0.717) is 5.92 Å². The number of fused-ring (bicyclic) bond motifs is 1. The molecule has 1 aromatic heterocycles. The zero-order valence-corrected chi connectivity index (χ0v) is 17.0. The molecule has 0 aliphatic carbocycles. The van der Waals surface area contributed by atoms with Crippen molar-refractivity contribution in [2.75, 3.05) is 25.1 Å². The molecule has 2 fully saturated rings. The van der Waals surface area contributed by atoms with Gasteiger partial charge in [-0.3, -0.25) is 0 Å². The summed E-state index contributed by atoms with van der Waals surface area (Å²) in [6, 6.07) is 14.8. The maximum Gasteiger partial charge on any atom is 0.141 e. The molecule has 3 aromatic rings. The van der Waals surface area contributed by atoms with Gasteiger partial charge in [-0.25, -0.2) is 9.97 Å². The molecule has 2 N–H and O–H groups in total. The van der Waals surface area contributed by atoms with Gasteiger partial charge in [-0.1, -0.05) is 18.2 Å². The second kappa shape index (κ2) is 8.68. The number of rotatable bonds is 5. The van der Waals surface area contributed by atoms with E-state index in [2.05, 4.69) is 51.7 Å². The van der Waals surface area contributed by atoms with Crippen molar-refractivity contribution in [2.24, 2.45) is 0 Å². The molecule has 0 amide bonds. The third-order valence-electron chi connectivity index (χ3n) is 6.21. The van der Waals surface area contributed by atoms with Crippen LogP contribution in [0.15, 0.2) is 48.8 Å². The van der Waals surface area contributed by atoms with Crippen LogP contribution < -0.4 is 5.32 Å². The van der Waals surface area contributed by atoms with Gasteiger partial charge in [0.15, 0.2) is 0 Å². The summed E-state index contributed by atoms with van der Waals surface area (Å²) in [6.07, 6.45) is 5.52. The molecule has 5 rings (SSSR count). The van der Waals surface area contributed by atoms with Gasteiger partial charge in [0.25, 0.3) is 0 Å². The van der Waals surface area contributed by atoms with Crippen LogP contribution in [0.5, 0.6) is 0 Å². The number of aromatic nitrogens is 2. The van der Waals surface area contributed by atoms with Crippen molar-refractivity contribution in [3.8, 4) is 0 Å². The molecular formula is C24H27N3O3. The van der Waals surface area contributed by atoms with Crippen LogP contribution in [-0.2, 0) is 9.47 Å². The topological polar surface area (TPSA) is 76.5 Å². The van der Waals surface area contributed by atoms with E-state index in [-0.39, 0.29) is 18.8 Å². The Morgan fingerprint density at radius 3 is 2.50 bits per heavy atom. The highest BCUT2D eigenvalue weighted by molar-refractivity contribution is 5.91. The van der Waals surface area contributed by atoms with Gasteiger partial charge in [0.05, 0.1) is 24.3 Å². The van der Waals surface area contributed by atoms with Crippen molar-refractivity contribution in [3.63, 3.8) is 0 Å². The smallest absolute Gasteiger partial charge is 0.141 e. The van der Waals surface area contributed by atoms with E-state index >= 15 is 0 Å². The molecule has 2 aliphatic heterocycles. The number of aliphatic hydroxyl groups excluding tert-OH is 1. The van der Waals surface area contributed by atoms with E-state index in [1.807, 2.05) is 6.07 Å². The number of nitrogens with zero attached hydrogens (tertiary/aromatic N) is 2. The van der Waals surface area contributed by atoms with Crippen LogP contribution in [0.1, 0.15) is 48.8 Å². The van der Waals surface area contributed by atoms with Crippen molar-refractivity contribution in [1.82, 2.24) is 9.97 Å². The number of ether oxygens (including phenoxy) is 2. The van der Waals surface area contributed by atoms with Crippen molar-refractivity contribution in [1.29, 1.82) is 0 Å². The summed E-state index contributed by atoms with van der Waals surface area (Å²) in [4.78, 5) is 8.91. The summed E-state index contributed by atoms with van der Waals surface area (Å²) >= 11 is 0. The Balaban J connectivity index is 1.38. The molecule has 2 aromatic carbocycles. The van der Waals surface area contributed by atoms with E-state index in [9.17, 15) is 5.11 Å². The zero-order valence-electron chi connectivity index (χ0n) is 17.0. The van der Waals surface area contributed by atoms with Gasteiger partial charge in [0, 0.05) is 24.3 Å². The third-order valence-corrected chi connectivity index (χ3v) is 6.21. The van der Waals surface area contributed by atoms with Crippen LogP contribution in [0, 0.1) is 0 Å². The first-order valence-electron chi connectivity index (χ1n) is 10.8. The van der Waals surface area contributed by atoms with Crippen LogP contribution >= 0.6 is 0 Å². The molecule has 6 nitrogen and oxygen atoms in total. The normalized spacial score (nSPS) is 22.4. The first-order chi connectivity index (χ1) is 14.8. The van der Waals surface area contributed by atoms with Crippen LogP contribution in [0.2, 0.25) is 0 Å². The third kappa shape index (κ3) is 4.03. The Hall–Kier alpha value is -2.54. The summed E-state index contributed by atoms with van der Waals surface area (Å²) in [6.45, 7) is 1.78. The van der Waals surface area contributed by atoms with Crippen LogP contribution in [-0.4, -0.2) is 41.0 Å². The minimum atomic E-state index is -0.0652. The Morgan fingerprint density at radius 1 is 0.933 bits per heavy atom. The van der Waals surface area contributed by atoms with Gasteiger partial charge >= 0.3 is 0 Å². The van der Waals surface area contributed by atoms with Crippen molar-refractivity contribution < 1.29 is 14.6 Å². The molecule has 156 valence electrons.